The number of carbonyl (C=O) groups is 1. The van der Waals surface area contributed by atoms with E-state index in [1.165, 1.54) is 5.56 Å². The molecule has 24 heavy (non-hydrogen) atoms. The van der Waals surface area contributed by atoms with Crippen molar-refractivity contribution < 1.29 is 9.53 Å². The fraction of sp³-hybridized carbons (Fsp3) is 0.350. The Bertz CT molecular complexity index is 683. The van der Waals surface area contributed by atoms with Crippen LogP contribution >= 0.6 is 0 Å². The highest BCUT2D eigenvalue weighted by Crippen LogP contribution is 2.20. The van der Waals surface area contributed by atoms with Gasteiger partial charge in [-0.3, -0.25) is 0 Å². The van der Waals surface area contributed by atoms with Gasteiger partial charge in [-0.05, 0) is 56.5 Å². The molecule has 128 valence electrons. The van der Waals surface area contributed by atoms with Crippen molar-refractivity contribution in [3.8, 4) is 5.75 Å². The van der Waals surface area contributed by atoms with Gasteiger partial charge in [0.25, 0.3) is 0 Å². The summed E-state index contributed by atoms with van der Waals surface area (Å²) in [5, 5.41) is 5.87. The summed E-state index contributed by atoms with van der Waals surface area (Å²) >= 11 is 0. The second-order valence-electron chi connectivity index (χ2n) is 6.21. The molecule has 0 saturated heterocycles. The van der Waals surface area contributed by atoms with Gasteiger partial charge < -0.3 is 15.4 Å². The lowest BCUT2D eigenvalue weighted by atomic mass is 10.1. The number of amides is 2. The first kappa shape index (κ1) is 17.9. The van der Waals surface area contributed by atoms with Crippen molar-refractivity contribution >= 4 is 6.03 Å². The largest absolute Gasteiger partial charge is 0.491 e. The SMILES string of the molecule is Cc1ccccc1CNC(=O)NC(C)c1cccc(OC(C)C)c1. The highest BCUT2D eigenvalue weighted by Gasteiger charge is 2.10. The monoisotopic (exact) mass is 326 g/mol. The first-order chi connectivity index (χ1) is 11.5. The number of rotatable bonds is 6. The van der Waals surface area contributed by atoms with Crippen molar-refractivity contribution in [1.82, 2.24) is 10.6 Å². The summed E-state index contributed by atoms with van der Waals surface area (Å²) in [5.74, 6) is 0.816. The van der Waals surface area contributed by atoms with Crippen molar-refractivity contribution in [2.24, 2.45) is 0 Å². The molecule has 0 spiro atoms. The Morgan fingerprint density at radius 3 is 2.54 bits per heavy atom. The molecule has 2 aromatic rings. The van der Waals surface area contributed by atoms with Gasteiger partial charge in [0.1, 0.15) is 5.75 Å². The molecule has 2 amide bonds. The maximum absolute atomic E-state index is 12.1. The van der Waals surface area contributed by atoms with Crippen LogP contribution in [-0.2, 0) is 6.54 Å². The van der Waals surface area contributed by atoms with E-state index in [1.54, 1.807) is 0 Å². The van der Waals surface area contributed by atoms with Crippen LogP contribution in [0.3, 0.4) is 0 Å². The summed E-state index contributed by atoms with van der Waals surface area (Å²) in [6, 6.07) is 15.6. The number of aryl methyl sites for hydroxylation is 1. The van der Waals surface area contributed by atoms with Crippen LogP contribution in [0.5, 0.6) is 5.75 Å². The maximum atomic E-state index is 12.1. The molecule has 4 heteroatoms. The summed E-state index contributed by atoms with van der Waals surface area (Å²) in [5.41, 5.74) is 3.30. The molecule has 2 N–H and O–H groups in total. The normalized spacial score (nSPS) is 11.9. The fourth-order valence-electron chi connectivity index (χ4n) is 2.44. The summed E-state index contributed by atoms with van der Waals surface area (Å²) in [6.07, 6.45) is 0.126. The van der Waals surface area contributed by atoms with Crippen molar-refractivity contribution in [2.45, 2.75) is 46.4 Å². The van der Waals surface area contributed by atoms with E-state index >= 15 is 0 Å². The predicted octanol–water partition coefficient (Wildman–Crippen LogP) is 4.34. The minimum atomic E-state index is -0.180. The van der Waals surface area contributed by atoms with Gasteiger partial charge in [-0.2, -0.15) is 0 Å². The molecular weight excluding hydrogens is 300 g/mol. The van der Waals surface area contributed by atoms with Crippen LogP contribution in [0.15, 0.2) is 48.5 Å². The van der Waals surface area contributed by atoms with Crippen LogP contribution in [0.2, 0.25) is 0 Å². The third kappa shape index (κ3) is 5.30. The van der Waals surface area contributed by atoms with Crippen LogP contribution in [0.1, 0.15) is 43.5 Å². The number of urea groups is 1. The van der Waals surface area contributed by atoms with Gasteiger partial charge in [0.05, 0.1) is 12.1 Å². The average Bonchev–Trinajstić information content (AvgIpc) is 2.53. The van der Waals surface area contributed by atoms with Crippen LogP contribution in [-0.4, -0.2) is 12.1 Å². The molecule has 0 bridgehead atoms. The third-order valence-corrected chi connectivity index (χ3v) is 3.78. The molecule has 2 rings (SSSR count). The zero-order valence-electron chi connectivity index (χ0n) is 14.8. The lowest BCUT2D eigenvalue weighted by Crippen LogP contribution is -2.36. The Kier molecular flexibility index (Phi) is 6.24. The van der Waals surface area contributed by atoms with Gasteiger partial charge in [0.2, 0.25) is 0 Å². The minimum absolute atomic E-state index is 0.0995. The second kappa shape index (κ2) is 8.39. The zero-order chi connectivity index (χ0) is 17.5. The molecule has 4 nitrogen and oxygen atoms in total. The third-order valence-electron chi connectivity index (χ3n) is 3.78. The van der Waals surface area contributed by atoms with E-state index in [1.807, 2.05) is 76.2 Å². The Labute approximate surface area is 144 Å². The molecule has 0 aromatic heterocycles. The van der Waals surface area contributed by atoms with Crippen molar-refractivity contribution in [2.75, 3.05) is 0 Å². The number of carbonyl (C=O) groups excluding carboxylic acids is 1. The molecule has 0 aliphatic rings. The van der Waals surface area contributed by atoms with Gasteiger partial charge in [0.15, 0.2) is 0 Å². The highest BCUT2D eigenvalue weighted by molar-refractivity contribution is 5.74. The van der Waals surface area contributed by atoms with Gasteiger partial charge >= 0.3 is 6.03 Å². The van der Waals surface area contributed by atoms with E-state index in [0.29, 0.717) is 6.54 Å². The Hall–Kier alpha value is -2.49. The van der Waals surface area contributed by atoms with Crippen molar-refractivity contribution in [3.05, 3.63) is 65.2 Å². The van der Waals surface area contributed by atoms with E-state index < -0.39 is 0 Å². The fourth-order valence-corrected chi connectivity index (χ4v) is 2.44. The smallest absolute Gasteiger partial charge is 0.315 e. The van der Waals surface area contributed by atoms with Gasteiger partial charge in [-0.1, -0.05) is 36.4 Å². The molecule has 1 unspecified atom stereocenters. The second-order valence-corrected chi connectivity index (χ2v) is 6.21. The highest BCUT2D eigenvalue weighted by atomic mass is 16.5. The molecule has 0 fully saturated rings. The van der Waals surface area contributed by atoms with Gasteiger partial charge in [-0.25, -0.2) is 4.79 Å². The lowest BCUT2D eigenvalue weighted by Gasteiger charge is -2.17. The number of ether oxygens (including phenoxy) is 1. The van der Waals surface area contributed by atoms with E-state index in [4.69, 9.17) is 4.74 Å². The van der Waals surface area contributed by atoms with E-state index in [9.17, 15) is 4.79 Å². The summed E-state index contributed by atoms with van der Waals surface area (Å²) in [7, 11) is 0. The average molecular weight is 326 g/mol. The molecular formula is C20H26N2O2. The first-order valence-corrected chi connectivity index (χ1v) is 8.31. The topological polar surface area (TPSA) is 50.4 Å². The maximum Gasteiger partial charge on any atom is 0.315 e. The first-order valence-electron chi connectivity index (χ1n) is 8.31. The van der Waals surface area contributed by atoms with Gasteiger partial charge in [0, 0.05) is 6.54 Å². The Balaban J connectivity index is 1.90. The molecule has 1 atom stereocenters. The van der Waals surface area contributed by atoms with Crippen molar-refractivity contribution in [3.63, 3.8) is 0 Å². The molecule has 0 heterocycles. The quantitative estimate of drug-likeness (QED) is 0.829. The van der Waals surface area contributed by atoms with Crippen molar-refractivity contribution in [1.29, 1.82) is 0 Å². The van der Waals surface area contributed by atoms with Gasteiger partial charge in [-0.15, -0.1) is 0 Å². The number of hydrogen-bond acceptors (Lipinski definition) is 2. The van der Waals surface area contributed by atoms with Crippen LogP contribution in [0.4, 0.5) is 4.79 Å². The number of nitrogens with one attached hydrogen (secondary N) is 2. The summed E-state index contributed by atoms with van der Waals surface area (Å²) in [4.78, 5) is 12.1. The van der Waals surface area contributed by atoms with Crippen LogP contribution in [0.25, 0.3) is 0 Å². The minimum Gasteiger partial charge on any atom is -0.491 e. The summed E-state index contributed by atoms with van der Waals surface area (Å²) < 4.78 is 5.70. The molecule has 0 saturated carbocycles. The Morgan fingerprint density at radius 1 is 1.08 bits per heavy atom. The van der Waals surface area contributed by atoms with E-state index in [2.05, 4.69) is 10.6 Å². The van der Waals surface area contributed by atoms with E-state index in [0.717, 1.165) is 16.9 Å². The summed E-state index contributed by atoms with van der Waals surface area (Å²) in [6.45, 7) is 8.50. The molecule has 0 aliphatic carbocycles. The molecule has 0 radical (unpaired) electrons. The zero-order valence-corrected chi connectivity index (χ0v) is 14.8. The Morgan fingerprint density at radius 2 is 1.83 bits per heavy atom. The predicted molar refractivity (Wildman–Crippen MR) is 97.2 cm³/mol. The van der Waals surface area contributed by atoms with Crippen LogP contribution < -0.4 is 15.4 Å². The standard InChI is InChI=1S/C20H26N2O2/c1-14(2)24-19-11-7-10-17(12-19)16(4)22-20(23)21-13-18-9-6-5-8-15(18)3/h5-12,14,16H,13H2,1-4H3,(H2,21,22,23). The number of benzene rings is 2. The lowest BCUT2D eigenvalue weighted by molar-refractivity contribution is 0.236. The van der Waals surface area contributed by atoms with Crippen LogP contribution in [0, 0.1) is 6.92 Å². The number of hydrogen-bond donors (Lipinski definition) is 2. The van der Waals surface area contributed by atoms with E-state index in [-0.39, 0.29) is 18.2 Å². The molecule has 0 aliphatic heterocycles. The molecule has 2 aromatic carbocycles.